The molecule has 0 aromatic carbocycles. The normalized spacial score (nSPS) is 15.7. The third-order valence-corrected chi connectivity index (χ3v) is 2.57. The van der Waals surface area contributed by atoms with Gasteiger partial charge in [-0.1, -0.05) is 20.3 Å². The maximum absolute atomic E-state index is 9.93. The van der Waals surface area contributed by atoms with E-state index in [1.54, 1.807) is 12.5 Å². The lowest BCUT2D eigenvalue weighted by atomic mass is 10.00. The fraction of sp³-hybridized carbons (Fsp3) is 0.700. The van der Waals surface area contributed by atoms with E-state index in [2.05, 4.69) is 25.8 Å². The summed E-state index contributed by atoms with van der Waals surface area (Å²) in [5.41, 5.74) is 0.928. The molecule has 0 bridgehead atoms. The fourth-order valence-corrected chi connectivity index (χ4v) is 1.36. The molecule has 1 aromatic rings. The molecule has 0 aliphatic carbocycles. The molecule has 0 radical (unpaired) electrons. The highest BCUT2D eigenvalue weighted by atomic mass is 16.3. The zero-order valence-electron chi connectivity index (χ0n) is 8.57. The first-order valence-electron chi connectivity index (χ1n) is 4.88. The summed E-state index contributed by atoms with van der Waals surface area (Å²) in [6, 6.07) is 0. The number of imidazole rings is 1. The van der Waals surface area contributed by atoms with Crippen LogP contribution in [0.4, 0.5) is 0 Å². The predicted octanol–water partition coefficient (Wildman–Crippen LogP) is 1.98. The minimum absolute atomic E-state index is 0.294. The lowest BCUT2D eigenvalue weighted by Crippen LogP contribution is -2.12. The van der Waals surface area contributed by atoms with Gasteiger partial charge in [0, 0.05) is 6.54 Å². The molecule has 2 atom stereocenters. The average molecular weight is 182 g/mol. The predicted molar refractivity (Wildman–Crippen MR) is 52.3 cm³/mol. The molecule has 0 fully saturated rings. The summed E-state index contributed by atoms with van der Waals surface area (Å²) in [6.45, 7) is 7.05. The highest BCUT2D eigenvalue weighted by molar-refractivity contribution is 5.03. The van der Waals surface area contributed by atoms with Gasteiger partial charge in [0.2, 0.25) is 0 Å². The standard InChI is InChI=1S/C10H18N2O/c1-4-8(3)10(13)9-6-11-7-12(9)5-2/h6-8,10,13H,4-5H2,1-3H3. The van der Waals surface area contributed by atoms with E-state index < -0.39 is 0 Å². The van der Waals surface area contributed by atoms with Gasteiger partial charge in [-0.15, -0.1) is 0 Å². The highest BCUT2D eigenvalue weighted by Crippen LogP contribution is 2.23. The number of hydrogen-bond acceptors (Lipinski definition) is 2. The van der Waals surface area contributed by atoms with E-state index in [9.17, 15) is 5.11 Å². The molecule has 0 saturated heterocycles. The van der Waals surface area contributed by atoms with Crippen molar-refractivity contribution in [3.05, 3.63) is 18.2 Å². The fourth-order valence-electron chi connectivity index (χ4n) is 1.36. The second-order valence-electron chi connectivity index (χ2n) is 3.43. The van der Waals surface area contributed by atoms with Crippen LogP contribution in [0.5, 0.6) is 0 Å². The molecule has 0 aliphatic rings. The van der Waals surface area contributed by atoms with Crippen molar-refractivity contribution < 1.29 is 5.11 Å². The Bertz CT molecular complexity index is 257. The first-order valence-corrected chi connectivity index (χ1v) is 4.88. The third kappa shape index (κ3) is 2.10. The molecule has 0 amide bonds. The summed E-state index contributed by atoms with van der Waals surface area (Å²) in [5, 5.41) is 9.93. The molecular formula is C10H18N2O. The molecule has 1 aromatic heterocycles. The van der Waals surface area contributed by atoms with Crippen LogP contribution in [-0.4, -0.2) is 14.7 Å². The zero-order chi connectivity index (χ0) is 9.84. The summed E-state index contributed by atoms with van der Waals surface area (Å²) in [5.74, 6) is 0.294. The Hall–Kier alpha value is -0.830. The van der Waals surface area contributed by atoms with Crippen LogP contribution in [0.3, 0.4) is 0 Å². The first-order chi connectivity index (χ1) is 6.20. The Labute approximate surface area is 79.4 Å². The van der Waals surface area contributed by atoms with Crippen LogP contribution in [0.25, 0.3) is 0 Å². The summed E-state index contributed by atoms with van der Waals surface area (Å²) in [7, 11) is 0. The van der Waals surface area contributed by atoms with Crippen LogP contribution in [0.1, 0.15) is 39.0 Å². The van der Waals surface area contributed by atoms with Crippen molar-refractivity contribution in [1.29, 1.82) is 0 Å². The smallest absolute Gasteiger partial charge is 0.0981 e. The van der Waals surface area contributed by atoms with Crippen LogP contribution in [0.2, 0.25) is 0 Å². The lowest BCUT2D eigenvalue weighted by molar-refractivity contribution is 0.107. The zero-order valence-corrected chi connectivity index (χ0v) is 8.57. The van der Waals surface area contributed by atoms with Gasteiger partial charge in [0.05, 0.1) is 24.3 Å². The van der Waals surface area contributed by atoms with Crippen LogP contribution < -0.4 is 0 Å². The number of nitrogens with zero attached hydrogens (tertiary/aromatic N) is 2. The lowest BCUT2D eigenvalue weighted by Gasteiger charge is -2.18. The Morgan fingerprint density at radius 2 is 2.23 bits per heavy atom. The van der Waals surface area contributed by atoms with Crippen LogP contribution in [0, 0.1) is 5.92 Å². The Morgan fingerprint density at radius 1 is 1.54 bits per heavy atom. The van der Waals surface area contributed by atoms with Crippen molar-refractivity contribution in [2.75, 3.05) is 0 Å². The largest absolute Gasteiger partial charge is 0.387 e. The maximum Gasteiger partial charge on any atom is 0.0981 e. The summed E-state index contributed by atoms with van der Waals surface area (Å²) in [6.07, 6.45) is 4.12. The van der Waals surface area contributed by atoms with Crippen molar-refractivity contribution in [3.63, 3.8) is 0 Å². The number of rotatable bonds is 4. The minimum atomic E-state index is -0.382. The second-order valence-corrected chi connectivity index (χ2v) is 3.43. The molecule has 2 unspecified atom stereocenters. The van der Waals surface area contributed by atoms with E-state index in [0.29, 0.717) is 5.92 Å². The number of aromatic nitrogens is 2. The van der Waals surface area contributed by atoms with E-state index in [4.69, 9.17) is 0 Å². The molecule has 3 nitrogen and oxygen atoms in total. The van der Waals surface area contributed by atoms with Crippen LogP contribution in [0.15, 0.2) is 12.5 Å². The molecular weight excluding hydrogens is 164 g/mol. The van der Waals surface area contributed by atoms with Gasteiger partial charge in [-0.05, 0) is 12.8 Å². The van der Waals surface area contributed by atoms with E-state index in [-0.39, 0.29) is 6.10 Å². The monoisotopic (exact) mass is 182 g/mol. The van der Waals surface area contributed by atoms with Crippen LogP contribution >= 0.6 is 0 Å². The summed E-state index contributed by atoms with van der Waals surface area (Å²) >= 11 is 0. The molecule has 0 spiro atoms. The second kappa shape index (κ2) is 4.42. The van der Waals surface area contributed by atoms with Gasteiger partial charge >= 0.3 is 0 Å². The maximum atomic E-state index is 9.93. The Balaban J connectivity index is 2.81. The molecule has 1 rings (SSSR count). The first kappa shape index (κ1) is 10.3. The number of aryl methyl sites for hydroxylation is 1. The van der Waals surface area contributed by atoms with Gasteiger partial charge in [0.25, 0.3) is 0 Å². The Morgan fingerprint density at radius 3 is 2.77 bits per heavy atom. The molecule has 0 saturated carbocycles. The van der Waals surface area contributed by atoms with E-state index in [1.807, 2.05) is 4.57 Å². The minimum Gasteiger partial charge on any atom is -0.387 e. The van der Waals surface area contributed by atoms with Gasteiger partial charge in [0.15, 0.2) is 0 Å². The van der Waals surface area contributed by atoms with E-state index in [0.717, 1.165) is 18.7 Å². The van der Waals surface area contributed by atoms with Gasteiger partial charge in [-0.2, -0.15) is 0 Å². The van der Waals surface area contributed by atoms with Crippen LogP contribution in [-0.2, 0) is 6.54 Å². The molecule has 0 aliphatic heterocycles. The van der Waals surface area contributed by atoms with Crippen molar-refractivity contribution in [2.24, 2.45) is 5.92 Å². The van der Waals surface area contributed by atoms with Gasteiger partial charge in [-0.3, -0.25) is 0 Å². The quantitative estimate of drug-likeness (QED) is 0.773. The van der Waals surface area contributed by atoms with Gasteiger partial charge in [0.1, 0.15) is 0 Å². The molecule has 1 N–H and O–H groups in total. The third-order valence-electron chi connectivity index (χ3n) is 2.57. The average Bonchev–Trinajstić information content (AvgIpc) is 2.62. The summed E-state index contributed by atoms with van der Waals surface area (Å²) in [4.78, 5) is 4.03. The molecule has 1 heterocycles. The van der Waals surface area contributed by atoms with Crippen molar-refractivity contribution in [2.45, 2.75) is 39.8 Å². The number of aliphatic hydroxyl groups is 1. The van der Waals surface area contributed by atoms with Gasteiger partial charge in [-0.25, -0.2) is 4.98 Å². The highest BCUT2D eigenvalue weighted by Gasteiger charge is 2.17. The van der Waals surface area contributed by atoms with Crippen molar-refractivity contribution in [3.8, 4) is 0 Å². The van der Waals surface area contributed by atoms with E-state index >= 15 is 0 Å². The number of aliphatic hydroxyl groups excluding tert-OH is 1. The molecule has 74 valence electrons. The summed E-state index contributed by atoms with van der Waals surface area (Å²) < 4.78 is 1.98. The van der Waals surface area contributed by atoms with Crippen molar-refractivity contribution >= 4 is 0 Å². The van der Waals surface area contributed by atoms with Crippen molar-refractivity contribution in [1.82, 2.24) is 9.55 Å². The number of hydrogen-bond donors (Lipinski definition) is 1. The van der Waals surface area contributed by atoms with E-state index in [1.165, 1.54) is 0 Å². The molecule has 13 heavy (non-hydrogen) atoms. The molecule has 3 heteroatoms. The SMILES string of the molecule is CCC(C)C(O)c1cncn1CC. The van der Waals surface area contributed by atoms with Gasteiger partial charge < -0.3 is 9.67 Å². The Kier molecular flexibility index (Phi) is 3.48. The topological polar surface area (TPSA) is 38.1 Å².